The topological polar surface area (TPSA) is 111 Å². The van der Waals surface area contributed by atoms with Gasteiger partial charge < -0.3 is 29.7 Å². The fourth-order valence-electron chi connectivity index (χ4n) is 5.62. The lowest BCUT2D eigenvalue weighted by Crippen LogP contribution is -2.39. The molecule has 3 fully saturated rings. The van der Waals surface area contributed by atoms with Gasteiger partial charge in [-0.1, -0.05) is 6.07 Å². The Morgan fingerprint density at radius 2 is 1.82 bits per heavy atom. The zero-order valence-corrected chi connectivity index (χ0v) is 22.3. The number of hydrogen-bond donors (Lipinski definition) is 2. The number of aromatic nitrogens is 3. The molecule has 1 aliphatic carbocycles. The van der Waals surface area contributed by atoms with Gasteiger partial charge in [-0.3, -0.25) is 9.78 Å². The van der Waals surface area contributed by atoms with E-state index in [-0.39, 0.29) is 30.2 Å². The molecule has 39 heavy (non-hydrogen) atoms. The molecule has 206 valence electrons. The van der Waals surface area contributed by atoms with Crippen molar-refractivity contribution >= 4 is 28.4 Å². The quantitative estimate of drug-likeness (QED) is 0.472. The van der Waals surface area contributed by atoms with E-state index in [1.54, 1.807) is 12.4 Å². The van der Waals surface area contributed by atoms with Gasteiger partial charge in [0.1, 0.15) is 11.3 Å². The van der Waals surface area contributed by atoms with E-state index in [2.05, 4.69) is 48.7 Å². The number of rotatable bonds is 7. The van der Waals surface area contributed by atoms with Crippen molar-refractivity contribution in [3.8, 4) is 5.75 Å². The summed E-state index contributed by atoms with van der Waals surface area (Å²) in [6, 6.07) is 8.69. The minimum atomic E-state index is -0.165. The maximum Gasteiger partial charge on any atom is 0.254 e. The van der Waals surface area contributed by atoms with Crippen LogP contribution >= 0.6 is 0 Å². The molecule has 10 heteroatoms. The molecule has 0 bridgehead atoms. The molecule has 2 unspecified atom stereocenters. The van der Waals surface area contributed by atoms with Crippen molar-refractivity contribution < 1.29 is 19.0 Å². The van der Waals surface area contributed by atoms with Crippen LogP contribution in [0.5, 0.6) is 5.75 Å². The number of nitrogens with one attached hydrogen (secondary N) is 2. The third-order valence-corrected chi connectivity index (χ3v) is 7.94. The minimum Gasteiger partial charge on any atom is -0.488 e. The average molecular weight is 533 g/mol. The van der Waals surface area contributed by atoms with Crippen molar-refractivity contribution in [1.29, 1.82) is 0 Å². The largest absolute Gasteiger partial charge is 0.488 e. The standard InChI is InChI=1S/C29H36N6O4/c1-19-25(8-12-38-19)34-28(36)21-17-31-29(32-18-21)33-22-4-6-24(7-5-22)39-26-16-23(35-10-13-37-14-11-35)15-20-3-2-9-30-27(20)26/h2-3,9,15-19,22,24-25H,4-8,10-14H2,1H3,(H,34,36)(H,31,32,33). The Hall–Kier alpha value is -3.50. The Morgan fingerprint density at radius 1 is 1.03 bits per heavy atom. The minimum absolute atomic E-state index is 0.0265. The summed E-state index contributed by atoms with van der Waals surface area (Å²) in [6.45, 7) is 5.89. The number of anilines is 2. The van der Waals surface area contributed by atoms with Gasteiger partial charge in [-0.2, -0.15) is 0 Å². The van der Waals surface area contributed by atoms with E-state index in [4.69, 9.17) is 14.2 Å². The second-order valence-electron chi connectivity index (χ2n) is 10.6. The number of hydrogen-bond acceptors (Lipinski definition) is 9. The highest BCUT2D eigenvalue weighted by Crippen LogP contribution is 2.34. The smallest absolute Gasteiger partial charge is 0.254 e. The van der Waals surface area contributed by atoms with Crippen LogP contribution in [0.25, 0.3) is 10.9 Å². The molecule has 1 saturated carbocycles. The number of pyridine rings is 1. The molecule has 4 heterocycles. The summed E-state index contributed by atoms with van der Waals surface area (Å²) in [6.07, 6.45) is 9.72. The van der Waals surface area contributed by atoms with Crippen molar-refractivity contribution in [3.63, 3.8) is 0 Å². The Bertz CT molecular complexity index is 1270. The highest BCUT2D eigenvalue weighted by molar-refractivity contribution is 5.94. The monoisotopic (exact) mass is 532 g/mol. The molecule has 6 rings (SSSR count). The van der Waals surface area contributed by atoms with E-state index in [0.717, 1.165) is 80.7 Å². The summed E-state index contributed by atoms with van der Waals surface area (Å²) >= 11 is 0. The van der Waals surface area contributed by atoms with Crippen molar-refractivity contribution in [2.75, 3.05) is 43.1 Å². The average Bonchev–Trinajstić information content (AvgIpc) is 3.38. The number of ether oxygens (including phenoxy) is 3. The maximum absolute atomic E-state index is 12.5. The number of morpholine rings is 1. The van der Waals surface area contributed by atoms with E-state index in [1.807, 2.05) is 19.2 Å². The molecule has 1 amide bonds. The van der Waals surface area contributed by atoms with Crippen LogP contribution in [0.4, 0.5) is 11.6 Å². The lowest BCUT2D eigenvalue weighted by Gasteiger charge is -2.31. The highest BCUT2D eigenvalue weighted by atomic mass is 16.5. The van der Waals surface area contributed by atoms with Gasteiger partial charge in [-0.25, -0.2) is 9.97 Å². The summed E-state index contributed by atoms with van der Waals surface area (Å²) < 4.78 is 17.6. The molecular weight excluding hydrogens is 496 g/mol. The van der Waals surface area contributed by atoms with Gasteiger partial charge in [-0.05, 0) is 51.2 Å². The Morgan fingerprint density at radius 3 is 2.56 bits per heavy atom. The van der Waals surface area contributed by atoms with E-state index >= 15 is 0 Å². The third kappa shape index (κ3) is 6.07. The van der Waals surface area contributed by atoms with E-state index in [0.29, 0.717) is 18.1 Å². The summed E-state index contributed by atoms with van der Waals surface area (Å²) in [5, 5.41) is 7.54. The van der Waals surface area contributed by atoms with Crippen LogP contribution in [0.2, 0.25) is 0 Å². The predicted octanol–water partition coefficient (Wildman–Crippen LogP) is 3.57. The van der Waals surface area contributed by atoms with Gasteiger partial charge in [-0.15, -0.1) is 0 Å². The normalized spacial score (nSPS) is 25.4. The number of carbonyl (C=O) groups excluding carboxylic acids is 1. The summed E-state index contributed by atoms with van der Waals surface area (Å²) in [5.74, 6) is 1.23. The Balaban J connectivity index is 1.04. The molecule has 3 aromatic rings. The molecule has 10 nitrogen and oxygen atoms in total. The molecule has 0 radical (unpaired) electrons. The van der Waals surface area contributed by atoms with Crippen LogP contribution in [-0.4, -0.2) is 78.1 Å². The zero-order chi connectivity index (χ0) is 26.6. The van der Waals surface area contributed by atoms with E-state index < -0.39 is 0 Å². The second-order valence-corrected chi connectivity index (χ2v) is 10.6. The number of amides is 1. The lowest BCUT2D eigenvalue weighted by molar-refractivity contribution is 0.0865. The fraction of sp³-hybridized carbons (Fsp3) is 0.517. The first-order chi connectivity index (χ1) is 19.1. The second kappa shape index (κ2) is 11.7. The Labute approximate surface area is 228 Å². The van der Waals surface area contributed by atoms with Gasteiger partial charge >= 0.3 is 0 Å². The fourth-order valence-corrected chi connectivity index (χ4v) is 5.62. The Kier molecular flexibility index (Phi) is 7.74. The third-order valence-electron chi connectivity index (χ3n) is 7.94. The molecule has 2 atom stereocenters. The van der Waals surface area contributed by atoms with Crippen LogP contribution in [0.3, 0.4) is 0 Å². The van der Waals surface area contributed by atoms with Crippen molar-refractivity contribution in [2.24, 2.45) is 0 Å². The van der Waals surface area contributed by atoms with E-state index in [9.17, 15) is 4.79 Å². The van der Waals surface area contributed by atoms with Crippen LogP contribution in [-0.2, 0) is 9.47 Å². The van der Waals surface area contributed by atoms with Crippen molar-refractivity contribution in [3.05, 3.63) is 48.4 Å². The first-order valence-corrected chi connectivity index (χ1v) is 14.0. The van der Waals surface area contributed by atoms with Gasteiger partial charge in [0.05, 0.1) is 37.0 Å². The molecule has 2 aliphatic heterocycles. The molecule has 3 aliphatic rings. The molecule has 2 N–H and O–H groups in total. The molecule has 0 spiro atoms. The number of fused-ring (bicyclic) bond motifs is 1. The van der Waals surface area contributed by atoms with Crippen LogP contribution in [0.1, 0.15) is 49.4 Å². The number of carbonyl (C=O) groups is 1. The molecule has 2 saturated heterocycles. The SMILES string of the molecule is CC1OCCC1NC(=O)c1cnc(NC2CCC(Oc3cc(N4CCOCC4)cc4cccnc34)CC2)nc1. The maximum atomic E-state index is 12.5. The molecule has 1 aromatic carbocycles. The summed E-state index contributed by atoms with van der Waals surface area (Å²) in [4.78, 5) is 28.3. The van der Waals surface area contributed by atoms with Crippen LogP contribution in [0, 0.1) is 0 Å². The first-order valence-electron chi connectivity index (χ1n) is 14.0. The lowest BCUT2D eigenvalue weighted by atomic mass is 9.93. The summed E-state index contributed by atoms with van der Waals surface area (Å²) in [7, 11) is 0. The zero-order valence-electron chi connectivity index (χ0n) is 22.3. The van der Waals surface area contributed by atoms with Gasteiger partial charge in [0.25, 0.3) is 5.91 Å². The van der Waals surface area contributed by atoms with E-state index in [1.165, 1.54) is 0 Å². The first kappa shape index (κ1) is 25.8. The van der Waals surface area contributed by atoms with Crippen molar-refractivity contribution in [1.82, 2.24) is 20.3 Å². The van der Waals surface area contributed by atoms with Gasteiger partial charge in [0, 0.05) is 61.5 Å². The van der Waals surface area contributed by atoms with Crippen LogP contribution < -0.4 is 20.3 Å². The molecule has 2 aromatic heterocycles. The van der Waals surface area contributed by atoms with Crippen LogP contribution in [0.15, 0.2) is 42.9 Å². The molecular formula is C29H36N6O4. The number of benzene rings is 1. The van der Waals surface area contributed by atoms with Gasteiger partial charge in [0.2, 0.25) is 5.95 Å². The predicted molar refractivity (Wildman–Crippen MR) is 148 cm³/mol. The summed E-state index contributed by atoms with van der Waals surface area (Å²) in [5.41, 5.74) is 2.52. The number of nitrogens with zero attached hydrogens (tertiary/aromatic N) is 4. The highest BCUT2D eigenvalue weighted by Gasteiger charge is 2.27. The van der Waals surface area contributed by atoms with Crippen molar-refractivity contribution in [2.45, 2.75) is 63.3 Å². The van der Waals surface area contributed by atoms with Gasteiger partial charge in [0.15, 0.2) is 0 Å².